The maximum Gasteiger partial charge on any atom is 0.0412 e. The summed E-state index contributed by atoms with van der Waals surface area (Å²) in [5.74, 6) is 0. The van der Waals surface area contributed by atoms with Gasteiger partial charge in [-0.15, -0.1) is 0 Å². The van der Waals surface area contributed by atoms with Crippen LogP contribution in [0.4, 0.5) is 0 Å². The predicted octanol–water partition coefficient (Wildman–Crippen LogP) is 7.77. The van der Waals surface area contributed by atoms with Crippen LogP contribution in [-0.4, -0.2) is 0 Å². The Morgan fingerprint density at radius 2 is 1.36 bits per heavy atom. The van der Waals surface area contributed by atoms with Gasteiger partial charge in [0.05, 0.1) is 0 Å². The molecule has 4 rings (SSSR count). The van der Waals surface area contributed by atoms with Crippen molar-refractivity contribution in [2.75, 3.05) is 0 Å². The summed E-state index contributed by atoms with van der Waals surface area (Å²) >= 11 is 6.17. The lowest BCUT2D eigenvalue weighted by molar-refractivity contribution is 0.962. The van der Waals surface area contributed by atoms with Crippen molar-refractivity contribution in [2.24, 2.45) is 0 Å². The first-order valence-corrected chi connectivity index (χ1v) is 10.1. The van der Waals surface area contributed by atoms with E-state index < -0.39 is 0 Å². The fraction of sp³-hybridized carbons (Fsp3) is 0.111. The van der Waals surface area contributed by atoms with Crippen LogP contribution in [0.1, 0.15) is 16.7 Å². The molecule has 4 aromatic carbocycles. The molecule has 0 atom stereocenters. The minimum absolute atomic E-state index is 0.769. The fourth-order valence-electron chi connectivity index (χ4n) is 3.74. The maximum absolute atomic E-state index is 6.17. The van der Waals surface area contributed by atoms with E-state index >= 15 is 0 Å². The second-order valence-electron chi connectivity index (χ2n) is 7.18. The van der Waals surface area contributed by atoms with Gasteiger partial charge in [0.25, 0.3) is 0 Å². The quantitative estimate of drug-likeness (QED) is 0.330. The van der Waals surface area contributed by atoms with Crippen LogP contribution in [-0.2, 0) is 12.8 Å². The third-order valence-corrected chi connectivity index (χ3v) is 5.45. The first-order valence-electron chi connectivity index (χ1n) is 9.69. The summed E-state index contributed by atoms with van der Waals surface area (Å²) in [5, 5.41) is 0.769. The minimum Gasteiger partial charge on any atom is -0.0843 e. The van der Waals surface area contributed by atoms with Gasteiger partial charge < -0.3 is 0 Å². The van der Waals surface area contributed by atoms with Gasteiger partial charge in [-0.05, 0) is 70.8 Å². The van der Waals surface area contributed by atoms with Crippen LogP contribution in [0.25, 0.3) is 22.3 Å². The number of hydrogen-bond donors (Lipinski definition) is 0. The zero-order chi connectivity index (χ0) is 19.3. The lowest BCUT2D eigenvalue weighted by atomic mass is 9.91. The molecule has 4 aromatic rings. The van der Waals surface area contributed by atoms with Crippen LogP contribution >= 0.6 is 11.6 Å². The van der Waals surface area contributed by atoms with Crippen LogP contribution in [0.5, 0.6) is 0 Å². The minimum atomic E-state index is 0.769. The Labute approximate surface area is 172 Å². The molecule has 1 heteroatoms. The molecule has 0 aliphatic carbocycles. The summed E-state index contributed by atoms with van der Waals surface area (Å²) in [6.45, 7) is 2.19. The zero-order valence-corrected chi connectivity index (χ0v) is 16.8. The van der Waals surface area contributed by atoms with Gasteiger partial charge in [-0.25, -0.2) is 0 Å². The molecule has 0 spiro atoms. The molecule has 0 heterocycles. The van der Waals surface area contributed by atoms with Crippen molar-refractivity contribution in [3.8, 4) is 22.3 Å². The van der Waals surface area contributed by atoms with E-state index in [4.69, 9.17) is 11.6 Å². The van der Waals surface area contributed by atoms with Gasteiger partial charge in [-0.1, -0.05) is 96.5 Å². The molecule has 0 unspecified atom stereocenters. The summed E-state index contributed by atoms with van der Waals surface area (Å²) in [6.07, 6.45) is 2.09. The smallest absolute Gasteiger partial charge is 0.0412 e. The molecule has 0 aromatic heterocycles. The molecule has 0 fully saturated rings. The van der Waals surface area contributed by atoms with Crippen LogP contribution in [0.15, 0.2) is 97.1 Å². The van der Waals surface area contributed by atoms with Crippen LogP contribution in [0.2, 0.25) is 5.02 Å². The summed E-state index contributed by atoms with van der Waals surface area (Å²) in [5.41, 5.74) is 9.04. The number of halogens is 1. The predicted molar refractivity (Wildman–Crippen MR) is 121 cm³/mol. The van der Waals surface area contributed by atoms with Gasteiger partial charge >= 0.3 is 0 Å². The Morgan fingerprint density at radius 3 is 2.14 bits per heavy atom. The largest absolute Gasteiger partial charge is 0.0843 e. The number of benzene rings is 4. The Bertz CT molecular complexity index is 1080. The first-order chi connectivity index (χ1) is 13.7. The number of rotatable bonds is 5. The van der Waals surface area contributed by atoms with E-state index in [2.05, 4.69) is 85.8 Å². The molecule has 0 radical (unpaired) electrons. The highest BCUT2D eigenvalue weighted by molar-refractivity contribution is 6.30. The average molecular weight is 383 g/mol. The summed E-state index contributed by atoms with van der Waals surface area (Å²) in [7, 11) is 0. The van der Waals surface area contributed by atoms with Gasteiger partial charge in [0, 0.05) is 5.02 Å². The van der Waals surface area contributed by atoms with E-state index in [9.17, 15) is 0 Å². The number of hydrogen-bond acceptors (Lipinski definition) is 0. The standard InChI is InChI=1S/C27H23Cl/c1-20-18-24(23-11-7-12-25(28)19-23)16-17-26(20)27-13-6-5-10-22(27)15-14-21-8-3-2-4-9-21/h2-13,16-19H,14-15H2,1H3. The van der Waals surface area contributed by atoms with E-state index in [0.717, 1.165) is 23.4 Å². The second kappa shape index (κ2) is 8.46. The summed E-state index contributed by atoms with van der Waals surface area (Å²) < 4.78 is 0. The van der Waals surface area contributed by atoms with Crippen molar-refractivity contribution in [3.05, 3.63) is 119 Å². The molecule has 0 aliphatic heterocycles. The van der Waals surface area contributed by atoms with Crippen molar-refractivity contribution < 1.29 is 0 Å². The molecular formula is C27H23Cl. The van der Waals surface area contributed by atoms with E-state index in [1.54, 1.807) is 0 Å². The molecule has 0 N–H and O–H groups in total. The SMILES string of the molecule is Cc1cc(-c2cccc(Cl)c2)ccc1-c1ccccc1CCc1ccccc1. The lowest BCUT2D eigenvalue weighted by Gasteiger charge is -2.14. The molecule has 0 nitrogen and oxygen atoms in total. The molecule has 0 saturated heterocycles. The summed E-state index contributed by atoms with van der Waals surface area (Å²) in [4.78, 5) is 0. The Balaban J connectivity index is 1.64. The third kappa shape index (κ3) is 4.18. The van der Waals surface area contributed by atoms with Gasteiger partial charge in [-0.2, -0.15) is 0 Å². The first kappa shape index (κ1) is 18.5. The third-order valence-electron chi connectivity index (χ3n) is 5.22. The molecule has 0 bridgehead atoms. The number of aryl methyl sites for hydroxylation is 3. The van der Waals surface area contributed by atoms with E-state index in [1.165, 1.54) is 33.4 Å². The molecule has 138 valence electrons. The van der Waals surface area contributed by atoms with Crippen molar-refractivity contribution in [3.63, 3.8) is 0 Å². The van der Waals surface area contributed by atoms with Gasteiger partial charge in [0.2, 0.25) is 0 Å². The van der Waals surface area contributed by atoms with Gasteiger partial charge in [0.1, 0.15) is 0 Å². The molecule has 0 amide bonds. The van der Waals surface area contributed by atoms with Crippen LogP contribution in [0, 0.1) is 6.92 Å². The highest BCUT2D eigenvalue weighted by atomic mass is 35.5. The van der Waals surface area contributed by atoms with Gasteiger partial charge in [0.15, 0.2) is 0 Å². The molecular weight excluding hydrogens is 360 g/mol. The Hall–Kier alpha value is -2.83. The van der Waals surface area contributed by atoms with E-state index in [-0.39, 0.29) is 0 Å². The molecule has 0 aliphatic rings. The zero-order valence-electron chi connectivity index (χ0n) is 16.0. The normalized spacial score (nSPS) is 10.8. The molecule has 0 saturated carbocycles. The lowest BCUT2D eigenvalue weighted by Crippen LogP contribution is -1.95. The van der Waals surface area contributed by atoms with Gasteiger partial charge in [-0.3, -0.25) is 0 Å². The maximum atomic E-state index is 6.17. The topological polar surface area (TPSA) is 0 Å². The van der Waals surface area contributed by atoms with Crippen molar-refractivity contribution >= 4 is 11.6 Å². The Kier molecular flexibility index (Phi) is 5.60. The van der Waals surface area contributed by atoms with Crippen LogP contribution < -0.4 is 0 Å². The average Bonchev–Trinajstić information content (AvgIpc) is 2.73. The fourth-order valence-corrected chi connectivity index (χ4v) is 3.93. The highest BCUT2D eigenvalue weighted by Gasteiger charge is 2.09. The second-order valence-corrected chi connectivity index (χ2v) is 7.62. The van der Waals surface area contributed by atoms with Crippen LogP contribution in [0.3, 0.4) is 0 Å². The van der Waals surface area contributed by atoms with Crippen molar-refractivity contribution in [2.45, 2.75) is 19.8 Å². The molecule has 28 heavy (non-hydrogen) atoms. The highest BCUT2D eigenvalue weighted by Crippen LogP contribution is 2.32. The monoisotopic (exact) mass is 382 g/mol. The van der Waals surface area contributed by atoms with Crippen molar-refractivity contribution in [1.29, 1.82) is 0 Å². The summed E-state index contributed by atoms with van der Waals surface area (Å²) in [6, 6.07) is 34.2. The van der Waals surface area contributed by atoms with E-state index in [1.807, 2.05) is 18.2 Å². The Morgan fingerprint density at radius 1 is 0.607 bits per heavy atom. The van der Waals surface area contributed by atoms with Crippen molar-refractivity contribution in [1.82, 2.24) is 0 Å². The van der Waals surface area contributed by atoms with E-state index in [0.29, 0.717) is 0 Å².